The Labute approximate surface area is 358 Å². The first-order valence-corrected chi connectivity index (χ1v) is 22.8. The van der Waals surface area contributed by atoms with Gasteiger partial charge in [-0.3, -0.25) is 24.3 Å². The van der Waals surface area contributed by atoms with Gasteiger partial charge in [0, 0.05) is 61.1 Å². The molecule has 3 atom stereocenters. The number of fused-ring (bicyclic) bond motifs is 3. The van der Waals surface area contributed by atoms with Gasteiger partial charge < -0.3 is 14.8 Å². The molecular weight excluding hydrogens is 822 g/mol. The van der Waals surface area contributed by atoms with Crippen LogP contribution in [0.2, 0.25) is 10.0 Å². The topological polar surface area (TPSA) is 154 Å². The number of halogens is 2. The van der Waals surface area contributed by atoms with Crippen LogP contribution in [0.5, 0.6) is 0 Å². The average molecular weight is 867 g/mol. The summed E-state index contributed by atoms with van der Waals surface area (Å²) in [4.78, 5) is 32.0. The second-order valence-electron chi connectivity index (χ2n) is 17.1. The third-order valence-electron chi connectivity index (χ3n) is 13.1. The zero-order valence-electron chi connectivity index (χ0n) is 33.3. The molecule has 2 saturated heterocycles. The number of aliphatic hydroxyl groups excluding tert-OH is 1. The van der Waals surface area contributed by atoms with E-state index in [0.29, 0.717) is 77.4 Å². The molecule has 60 heavy (non-hydrogen) atoms. The number of nitrogens with zero attached hydrogens (tertiary/aromatic N) is 5. The SMILES string of the molecule is Cc1c(-c2nc3cc4c(c(Cl)c3o2)CC[C@H]4N2CC[C@@H](C(=O)NS(=O)(=O)C3(C)CC3)C2)cccc1-c1cccc(Nc2nccc3cc(CN4CC[C@@H](O)C4)cnc23)c1Cl. The maximum Gasteiger partial charge on any atom is 0.240 e. The molecule has 2 aliphatic carbocycles. The van der Waals surface area contributed by atoms with Gasteiger partial charge >= 0.3 is 0 Å². The number of benzene rings is 3. The number of sulfonamides is 1. The molecule has 12 nitrogen and oxygen atoms in total. The number of amides is 1. The quantitative estimate of drug-likeness (QED) is 0.122. The number of pyridine rings is 2. The van der Waals surface area contributed by atoms with Gasteiger partial charge in [-0.25, -0.2) is 18.4 Å². The lowest BCUT2D eigenvalue weighted by Crippen LogP contribution is -2.42. The third-order valence-corrected chi connectivity index (χ3v) is 16.1. The van der Waals surface area contributed by atoms with Crippen LogP contribution in [-0.2, 0) is 27.8 Å². The standard InChI is InChI=1S/C45H45Cl2N7O5S/c1-25-30(32-7-4-8-35(38(32)46)50-42-40-27(11-16-48-42)19-26(21-49-40)22-53-17-13-29(55)24-53)5-3-6-31(25)44-51-36-20-34-33(39(47)41(36)59-44)9-10-37(34)54-18-12-28(23-54)43(56)52-60(57,58)45(2)14-15-45/h3-8,11,16,19-21,28-29,37,55H,9-10,12-15,17-18,22-24H2,1-2H3,(H,48,50)(H,52,56)/t28-,29-,37-/m1/s1. The van der Waals surface area contributed by atoms with Gasteiger partial charge in [0.2, 0.25) is 21.8 Å². The van der Waals surface area contributed by atoms with E-state index in [4.69, 9.17) is 37.6 Å². The molecule has 1 saturated carbocycles. The molecule has 15 heteroatoms. The zero-order chi connectivity index (χ0) is 41.5. The van der Waals surface area contributed by atoms with Crippen LogP contribution in [0.3, 0.4) is 0 Å². The largest absolute Gasteiger partial charge is 0.434 e. The molecule has 0 radical (unpaired) electrons. The van der Waals surface area contributed by atoms with E-state index >= 15 is 0 Å². The Morgan fingerprint density at radius 3 is 2.58 bits per heavy atom. The Balaban J connectivity index is 0.890. The van der Waals surface area contributed by atoms with Crippen molar-refractivity contribution in [3.8, 4) is 22.6 Å². The Morgan fingerprint density at radius 2 is 1.78 bits per heavy atom. The first kappa shape index (κ1) is 39.5. The van der Waals surface area contributed by atoms with Crippen molar-refractivity contribution in [2.45, 2.75) is 75.8 Å². The third kappa shape index (κ3) is 7.02. The van der Waals surface area contributed by atoms with Crippen LogP contribution >= 0.6 is 23.2 Å². The number of aliphatic hydroxyl groups is 1. The highest BCUT2D eigenvalue weighted by molar-refractivity contribution is 7.91. The van der Waals surface area contributed by atoms with E-state index in [1.165, 1.54) is 0 Å². The summed E-state index contributed by atoms with van der Waals surface area (Å²) in [5, 5.41) is 15.4. The minimum atomic E-state index is -3.68. The van der Waals surface area contributed by atoms with Crippen molar-refractivity contribution < 1.29 is 22.7 Å². The summed E-state index contributed by atoms with van der Waals surface area (Å²) in [5.74, 6) is 0.241. The van der Waals surface area contributed by atoms with Gasteiger partial charge in [0.25, 0.3) is 0 Å². The molecule has 5 heterocycles. The number of β-amino-alcohol motifs (C(OH)–C–C–N with tert-alkyl or cyclic N) is 1. The van der Waals surface area contributed by atoms with Gasteiger partial charge in [-0.2, -0.15) is 0 Å². The molecule has 3 fully saturated rings. The molecule has 6 aromatic rings. The lowest BCUT2D eigenvalue weighted by atomic mass is 9.96. The highest BCUT2D eigenvalue weighted by Crippen LogP contribution is 2.47. The van der Waals surface area contributed by atoms with E-state index < -0.39 is 26.6 Å². The number of aromatic nitrogens is 3. The predicted octanol–water partition coefficient (Wildman–Crippen LogP) is 8.34. The van der Waals surface area contributed by atoms with Crippen LogP contribution in [-0.4, -0.2) is 81.2 Å². The fraction of sp³-hybridized carbons (Fsp3) is 0.378. The highest BCUT2D eigenvalue weighted by Gasteiger charge is 2.51. The summed E-state index contributed by atoms with van der Waals surface area (Å²) in [7, 11) is -3.68. The normalized spacial score (nSPS) is 21.5. The molecule has 310 valence electrons. The lowest BCUT2D eigenvalue weighted by molar-refractivity contribution is -0.122. The summed E-state index contributed by atoms with van der Waals surface area (Å²) in [6.45, 7) is 7.16. The summed E-state index contributed by atoms with van der Waals surface area (Å²) in [5.41, 5.74) is 9.30. The number of hydrogen-bond acceptors (Lipinski definition) is 11. The zero-order valence-corrected chi connectivity index (χ0v) is 35.7. The Morgan fingerprint density at radius 1 is 0.983 bits per heavy atom. The van der Waals surface area contributed by atoms with Crippen LogP contribution < -0.4 is 10.0 Å². The second kappa shape index (κ2) is 15.1. The van der Waals surface area contributed by atoms with Crippen LogP contribution in [0.4, 0.5) is 11.5 Å². The Kier molecular flexibility index (Phi) is 9.92. The van der Waals surface area contributed by atoms with E-state index in [1.807, 2.05) is 55.6 Å². The number of oxazole rings is 1. The molecule has 0 bridgehead atoms. The first-order chi connectivity index (χ1) is 28.9. The summed E-state index contributed by atoms with van der Waals surface area (Å²) in [6.07, 6.45) is 7.51. The number of hydrogen-bond donors (Lipinski definition) is 3. The van der Waals surface area contributed by atoms with Crippen LogP contribution in [0.1, 0.15) is 67.3 Å². The molecule has 3 N–H and O–H groups in total. The number of rotatable bonds is 10. The van der Waals surface area contributed by atoms with Gasteiger partial charge in [-0.15, -0.1) is 0 Å². The van der Waals surface area contributed by atoms with Gasteiger partial charge in [-0.1, -0.05) is 47.5 Å². The minimum Gasteiger partial charge on any atom is -0.434 e. The molecular formula is C45H45Cl2N7O5S. The number of likely N-dealkylation sites (tertiary alicyclic amines) is 2. The molecule has 3 aromatic carbocycles. The van der Waals surface area contributed by atoms with Crippen molar-refractivity contribution in [1.82, 2.24) is 29.5 Å². The van der Waals surface area contributed by atoms with Gasteiger partial charge in [0.15, 0.2) is 11.4 Å². The maximum absolute atomic E-state index is 13.1. The Bertz CT molecular complexity index is 2830. The van der Waals surface area contributed by atoms with Crippen LogP contribution in [0.15, 0.2) is 71.4 Å². The van der Waals surface area contributed by atoms with E-state index in [1.54, 1.807) is 13.1 Å². The van der Waals surface area contributed by atoms with Crippen molar-refractivity contribution in [1.29, 1.82) is 0 Å². The van der Waals surface area contributed by atoms with E-state index in [0.717, 1.165) is 82.2 Å². The molecule has 0 unspecified atom stereocenters. The van der Waals surface area contributed by atoms with Crippen LogP contribution in [0, 0.1) is 12.8 Å². The molecule has 10 rings (SSSR count). The van der Waals surface area contributed by atoms with Crippen molar-refractivity contribution in [2.75, 3.05) is 31.5 Å². The van der Waals surface area contributed by atoms with Crippen molar-refractivity contribution >= 4 is 72.6 Å². The molecule has 3 aromatic heterocycles. The van der Waals surface area contributed by atoms with Crippen molar-refractivity contribution in [2.24, 2.45) is 5.92 Å². The van der Waals surface area contributed by atoms with Gasteiger partial charge in [0.05, 0.1) is 32.5 Å². The van der Waals surface area contributed by atoms with E-state index in [-0.39, 0.29) is 12.1 Å². The second-order valence-corrected chi connectivity index (χ2v) is 20.1. The minimum absolute atomic E-state index is 0.0402. The molecule has 2 aliphatic heterocycles. The maximum atomic E-state index is 13.1. The monoisotopic (exact) mass is 865 g/mol. The summed E-state index contributed by atoms with van der Waals surface area (Å²) in [6, 6.07) is 18.0. The lowest BCUT2D eigenvalue weighted by Gasteiger charge is -2.25. The number of carbonyl (C=O) groups is 1. The Hall–Kier alpha value is -4.63. The number of anilines is 2. The predicted molar refractivity (Wildman–Crippen MR) is 234 cm³/mol. The first-order valence-electron chi connectivity index (χ1n) is 20.6. The highest BCUT2D eigenvalue weighted by atomic mass is 35.5. The number of carbonyl (C=O) groups excluding carboxylic acids is 1. The van der Waals surface area contributed by atoms with E-state index in [2.05, 4.69) is 37.0 Å². The molecule has 0 spiro atoms. The number of nitrogens with one attached hydrogen (secondary N) is 2. The average Bonchev–Trinajstić information content (AvgIpc) is 3.69. The summed E-state index contributed by atoms with van der Waals surface area (Å²) < 4.78 is 33.5. The fourth-order valence-electron chi connectivity index (χ4n) is 9.26. The van der Waals surface area contributed by atoms with Gasteiger partial charge in [0.1, 0.15) is 11.0 Å². The van der Waals surface area contributed by atoms with Crippen LogP contribution in [0.25, 0.3) is 44.6 Å². The molecule has 4 aliphatic rings. The molecule has 1 amide bonds. The summed E-state index contributed by atoms with van der Waals surface area (Å²) >= 11 is 14.3. The van der Waals surface area contributed by atoms with Crippen molar-refractivity contribution in [3.05, 3.63) is 99.3 Å². The smallest absolute Gasteiger partial charge is 0.240 e. The van der Waals surface area contributed by atoms with Gasteiger partial charge in [-0.05, 0) is 117 Å². The fourth-order valence-corrected chi connectivity index (χ4v) is 11.2. The van der Waals surface area contributed by atoms with Crippen molar-refractivity contribution in [3.63, 3.8) is 0 Å². The van der Waals surface area contributed by atoms with E-state index in [9.17, 15) is 18.3 Å².